The van der Waals surface area contributed by atoms with Crippen LogP contribution in [0.15, 0.2) is 30.3 Å². The summed E-state index contributed by atoms with van der Waals surface area (Å²) in [5.74, 6) is -0.236. The highest BCUT2D eigenvalue weighted by atomic mass is 16.5. The predicted molar refractivity (Wildman–Crippen MR) is 82.0 cm³/mol. The summed E-state index contributed by atoms with van der Waals surface area (Å²) in [5, 5.41) is 3.46. The molecule has 0 aromatic heterocycles. The number of benzene rings is 1. The number of carbonyl (C=O) groups is 1. The third-order valence-electron chi connectivity index (χ3n) is 3.95. The van der Waals surface area contributed by atoms with Gasteiger partial charge in [-0.3, -0.25) is 5.32 Å². The Morgan fingerprint density at radius 2 is 2.19 bits per heavy atom. The van der Waals surface area contributed by atoms with Crippen molar-refractivity contribution < 1.29 is 14.3 Å². The second kappa shape index (κ2) is 8.15. The number of ether oxygens (including phenoxy) is 2. The molecule has 0 amide bonds. The van der Waals surface area contributed by atoms with Gasteiger partial charge in [0.2, 0.25) is 0 Å². The molecular formula is C17H25NO3. The minimum Gasteiger partial charge on any atom is -0.468 e. The third-order valence-corrected chi connectivity index (χ3v) is 3.95. The number of hydrogen-bond donors (Lipinski definition) is 1. The monoisotopic (exact) mass is 291 g/mol. The Morgan fingerprint density at radius 3 is 2.86 bits per heavy atom. The molecule has 1 aliphatic heterocycles. The molecule has 3 unspecified atom stereocenters. The van der Waals surface area contributed by atoms with Gasteiger partial charge in [0, 0.05) is 12.6 Å². The maximum absolute atomic E-state index is 12.1. The van der Waals surface area contributed by atoms with E-state index in [0.717, 1.165) is 37.9 Å². The highest BCUT2D eigenvalue weighted by Gasteiger charge is 2.28. The van der Waals surface area contributed by atoms with Gasteiger partial charge in [-0.1, -0.05) is 43.7 Å². The molecule has 1 aliphatic rings. The lowest BCUT2D eigenvalue weighted by atomic mass is 9.97. The van der Waals surface area contributed by atoms with Gasteiger partial charge in [0.15, 0.2) is 0 Å². The summed E-state index contributed by atoms with van der Waals surface area (Å²) in [5.41, 5.74) is 0.947. The van der Waals surface area contributed by atoms with Gasteiger partial charge in [-0.15, -0.1) is 0 Å². The molecule has 116 valence electrons. The molecule has 1 fully saturated rings. The molecule has 4 heteroatoms. The van der Waals surface area contributed by atoms with Crippen LogP contribution in [0.4, 0.5) is 0 Å². The first-order valence-corrected chi connectivity index (χ1v) is 7.75. The fourth-order valence-corrected chi connectivity index (χ4v) is 2.85. The zero-order valence-electron chi connectivity index (χ0n) is 12.9. The minimum absolute atomic E-state index is 0.236. The second-order valence-electron chi connectivity index (χ2n) is 5.54. The van der Waals surface area contributed by atoms with E-state index in [0.29, 0.717) is 12.1 Å². The SMILES string of the molecule is CCCC1CC(NC(C(=O)OC)c2ccccc2)CCO1. The Bertz CT molecular complexity index is 433. The third kappa shape index (κ3) is 4.55. The van der Waals surface area contributed by atoms with E-state index >= 15 is 0 Å². The summed E-state index contributed by atoms with van der Waals surface area (Å²) in [4.78, 5) is 12.1. The molecule has 0 aliphatic carbocycles. The molecule has 1 aromatic rings. The molecule has 1 saturated heterocycles. The number of nitrogens with one attached hydrogen (secondary N) is 1. The Morgan fingerprint density at radius 1 is 1.43 bits per heavy atom. The average molecular weight is 291 g/mol. The highest BCUT2D eigenvalue weighted by molar-refractivity contribution is 5.77. The molecule has 0 saturated carbocycles. The van der Waals surface area contributed by atoms with Gasteiger partial charge in [0.25, 0.3) is 0 Å². The zero-order chi connectivity index (χ0) is 15.1. The summed E-state index contributed by atoms with van der Waals surface area (Å²) < 4.78 is 10.7. The van der Waals surface area contributed by atoms with Crippen LogP contribution in [0.5, 0.6) is 0 Å². The molecule has 21 heavy (non-hydrogen) atoms. The Kier molecular flexibility index (Phi) is 6.21. The van der Waals surface area contributed by atoms with Crippen molar-refractivity contribution in [1.29, 1.82) is 0 Å². The van der Waals surface area contributed by atoms with Gasteiger partial charge < -0.3 is 9.47 Å². The van der Waals surface area contributed by atoms with E-state index in [1.54, 1.807) is 0 Å². The first kappa shape index (κ1) is 16.0. The molecule has 3 atom stereocenters. The number of hydrogen-bond acceptors (Lipinski definition) is 4. The van der Waals surface area contributed by atoms with Crippen LogP contribution in [-0.4, -0.2) is 31.8 Å². The number of rotatable bonds is 6. The van der Waals surface area contributed by atoms with Crippen LogP contribution in [0, 0.1) is 0 Å². The van der Waals surface area contributed by atoms with E-state index in [1.807, 2.05) is 30.3 Å². The van der Waals surface area contributed by atoms with Crippen LogP contribution >= 0.6 is 0 Å². The lowest BCUT2D eigenvalue weighted by Crippen LogP contribution is -2.43. The normalized spacial score (nSPS) is 23.5. The Balaban J connectivity index is 2.03. The fourth-order valence-electron chi connectivity index (χ4n) is 2.85. The number of carbonyl (C=O) groups excluding carboxylic acids is 1. The Labute approximate surface area is 126 Å². The molecule has 4 nitrogen and oxygen atoms in total. The lowest BCUT2D eigenvalue weighted by molar-refractivity contribution is -0.144. The molecule has 0 bridgehead atoms. The first-order valence-electron chi connectivity index (χ1n) is 7.75. The van der Waals surface area contributed by atoms with Crippen molar-refractivity contribution in [1.82, 2.24) is 5.32 Å². The summed E-state index contributed by atoms with van der Waals surface area (Å²) in [6.45, 7) is 2.92. The molecule has 1 heterocycles. The van der Waals surface area contributed by atoms with E-state index in [9.17, 15) is 4.79 Å². The van der Waals surface area contributed by atoms with Crippen molar-refractivity contribution in [2.24, 2.45) is 0 Å². The molecule has 1 N–H and O–H groups in total. The van der Waals surface area contributed by atoms with Crippen LogP contribution in [0.2, 0.25) is 0 Å². The largest absolute Gasteiger partial charge is 0.468 e. The van der Waals surface area contributed by atoms with Gasteiger partial charge in [-0.25, -0.2) is 4.79 Å². The maximum Gasteiger partial charge on any atom is 0.327 e. The van der Waals surface area contributed by atoms with Gasteiger partial charge in [0.1, 0.15) is 6.04 Å². The van der Waals surface area contributed by atoms with Crippen LogP contribution in [0.25, 0.3) is 0 Å². The van der Waals surface area contributed by atoms with Crippen molar-refractivity contribution in [2.45, 2.75) is 50.8 Å². The predicted octanol–water partition coefficient (Wildman–Crippen LogP) is 2.84. The summed E-state index contributed by atoms with van der Waals surface area (Å²) in [6.07, 6.45) is 4.38. The highest BCUT2D eigenvalue weighted by Crippen LogP contribution is 2.22. The van der Waals surface area contributed by atoms with Crippen LogP contribution in [-0.2, 0) is 14.3 Å². The van der Waals surface area contributed by atoms with Crippen molar-refractivity contribution in [3.8, 4) is 0 Å². The summed E-state index contributed by atoms with van der Waals surface area (Å²) >= 11 is 0. The smallest absolute Gasteiger partial charge is 0.327 e. The standard InChI is InChI=1S/C17H25NO3/c1-3-7-15-12-14(10-11-21-15)18-16(17(19)20-2)13-8-5-4-6-9-13/h4-6,8-9,14-16,18H,3,7,10-12H2,1-2H3. The van der Waals surface area contributed by atoms with E-state index < -0.39 is 6.04 Å². The molecular weight excluding hydrogens is 266 g/mol. The van der Waals surface area contributed by atoms with Crippen molar-refractivity contribution in [3.05, 3.63) is 35.9 Å². The minimum atomic E-state index is -0.401. The van der Waals surface area contributed by atoms with Gasteiger partial charge in [-0.2, -0.15) is 0 Å². The van der Waals surface area contributed by atoms with Crippen molar-refractivity contribution in [3.63, 3.8) is 0 Å². The quantitative estimate of drug-likeness (QED) is 0.819. The van der Waals surface area contributed by atoms with E-state index in [2.05, 4.69) is 12.2 Å². The molecule has 0 spiro atoms. The Hall–Kier alpha value is -1.39. The fraction of sp³-hybridized carbons (Fsp3) is 0.588. The topological polar surface area (TPSA) is 47.6 Å². The maximum atomic E-state index is 12.1. The zero-order valence-corrected chi connectivity index (χ0v) is 12.9. The van der Waals surface area contributed by atoms with E-state index in [1.165, 1.54) is 7.11 Å². The lowest BCUT2D eigenvalue weighted by Gasteiger charge is -2.32. The molecule has 1 aromatic carbocycles. The number of esters is 1. The van der Waals surface area contributed by atoms with Gasteiger partial charge in [0.05, 0.1) is 13.2 Å². The van der Waals surface area contributed by atoms with Crippen LogP contribution in [0.1, 0.15) is 44.2 Å². The molecule has 0 radical (unpaired) electrons. The van der Waals surface area contributed by atoms with Gasteiger partial charge in [-0.05, 0) is 24.8 Å². The van der Waals surface area contributed by atoms with Crippen LogP contribution in [0.3, 0.4) is 0 Å². The summed E-state index contributed by atoms with van der Waals surface area (Å²) in [7, 11) is 1.43. The van der Waals surface area contributed by atoms with E-state index in [-0.39, 0.29) is 5.97 Å². The van der Waals surface area contributed by atoms with Crippen LogP contribution < -0.4 is 5.32 Å². The number of methoxy groups -OCH3 is 1. The van der Waals surface area contributed by atoms with Crippen molar-refractivity contribution >= 4 is 5.97 Å². The van der Waals surface area contributed by atoms with Crippen molar-refractivity contribution in [2.75, 3.05) is 13.7 Å². The molecule has 2 rings (SSSR count). The second-order valence-corrected chi connectivity index (χ2v) is 5.54. The summed E-state index contributed by atoms with van der Waals surface area (Å²) in [6, 6.07) is 9.63. The first-order chi connectivity index (χ1) is 10.2. The van der Waals surface area contributed by atoms with E-state index in [4.69, 9.17) is 9.47 Å². The van der Waals surface area contributed by atoms with Gasteiger partial charge >= 0.3 is 5.97 Å². The average Bonchev–Trinajstić information content (AvgIpc) is 2.53.